The molecule has 0 unspecified atom stereocenters. The average Bonchev–Trinajstić information content (AvgIpc) is 3.06. The maximum Gasteiger partial charge on any atom is 0.231 e. The predicted molar refractivity (Wildman–Crippen MR) is 97.4 cm³/mol. The molecule has 0 aliphatic heterocycles. The Morgan fingerprint density at radius 3 is 2.83 bits per heavy atom. The zero-order valence-corrected chi connectivity index (χ0v) is 15.2. The van der Waals surface area contributed by atoms with Gasteiger partial charge < -0.3 is 5.32 Å². The van der Waals surface area contributed by atoms with E-state index >= 15 is 0 Å². The molecular weight excluding hydrogens is 344 g/mol. The molecule has 1 N–H and O–H groups in total. The van der Waals surface area contributed by atoms with Crippen LogP contribution in [0.5, 0.6) is 0 Å². The molecular formula is C17H19ClN4OS. The Balaban J connectivity index is 2.05. The van der Waals surface area contributed by atoms with Crippen LogP contribution in [0.25, 0.3) is 5.69 Å². The van der Waals surface area contributed by atoms with Gasteiger partial charge in [-0.05, 0) is 31.0 Å². The van der Waals surface area contributed by atoms with Crippen LogP contribution < -0.4 is 5.32 Å². The van der Waals surface area contributed by atoms with Crippen LogP contribution in [-0.4, -0.2) is 32.0 Å². The van der Waals surface area contributed by atoms with Gasteiger partial charge in [-0.25, -0.2) is 0 Å². The quantitative estimate of drug-likeness (QED) is 0.606. The lowest BCUT2D eigenvalue weighted by atomic mass is 9.94. The summed E-state index contributed by atoms with van der Waals surface area (Å²) in [6.45, 7) is 3.93. The van der Waals surface area contributed by atoms with E-state index < -0.39 is 5.54 Å². The summed E-state index contributed by atoms with van der Waals surface area (Å²) in [5.74, 6) is 2.78. The summed E-state index contributed by atoms with van der Waals surface area (Å²) < 4.78 is 1.79. The van der Waals surface area contributed by atoms with Gasteiger partial charge in [-0.1, -0.05) is 49.2 Å². The number of carbonyl (C=O) groups is 1. The van der Waals surface area contributed by atoms with Crippen molar-refractivity contribution >= 4 is 29.3 Å². The van der Waals surface area contributed by atoms with E-state index in [1.165, 1.54) is 11.8 Å². The van der Waals surface area contributed by atoms with E-state index in [0.29, 0.717) is 23.0 Å². The molecule has 0 saturated carbocycles. The van der Waals surface area contributed by atoms with E-state index in [0.717, 1.165) is 5.69 Å². The van der Waals surface area contributed by atoms with Gasteiger partial charge in [-0.15, -0.1) is 16.6 Å². The number of nitrogens with one attached hydrogen (secondary N) is 1. The number of halogens is 1. The van der Waals surface area contributed by atoms with E-state index in [1.807, 2.05) is 32.0 Å². The van der Waals surface area contributed by atoms with Gasteiger partial charge in [0.15, 0.2) is 5.16 Å². The highest BCUT2D eigenvalue weighted by atomic mass is 35.5. The minimum Gasteiger partial charge on any atom is -0.339 e. The van der Waals surface area contributed by atoms with Crippen molar-refractivity contribution in [1.29, 1.82) is 0 Å². The highest BCUT2D eigenvalue weighted by Gasteiger charge is 2.25. The van der Waals surface area contributed by atoms with Gasteiger partial charge >= 0.3 is 0 Å². The third kappa shape index (κ3) is 4.31. The smallest absolute Gasteiger partial charge is 0.231 e. The molecule has 0 saturated heterocycles. The van der Waals surface area contributed by atoms with Crippen molar-refractivity contribution in [2.75, 3.05) is 5.75 Å². The molecule has 1 amide bonds. The molecule has 0 atom stereocenters. The van der Waals surface area contributed by atoms with Crippen LogP contribution in [0.3, 0.4) is 0 Å². The van der Waals surface area contributed by atoms with Gasteiger partial charge in [-0.3, -0.25) is 9.36 Å². The Morgan fingerprint density at radius 2 is 2.21 bits per heavy atom. The maximum absolute atomic E-state index is 12.2. The fourth-order valence-electron chi connectivity index (χ4n) is 2.23. The lowest BCUT2D eigenvalue weighted by Gasteiger charge is -2.26. The molecule has 0 aliphatic carbocycles. The number of terminal acetylenes is 1. The third-order valence-electron chi connectivity index (χ3n) is 3.80. The van der Waals surface area contributed by atoms with Crippen molar-refractivity contribution in [3.63, 3.8) is 0 Å². The van der Waals surface area contributed by atoms with Gasteiger partial charge in [-0.2, -0.15) is 0 Å². The minimum atomic E-state index is -0.585. The SMILES string of the molecule is C#CC(CC)(CC)NC(=O)CSc1nncn1-c1cccc(Cl)c1. The second-order valence-electron chi connectivity index (χ2n) is 5.23. The van der Waals surface area contributed by atoms with Crippen LogP contribution in [0.15, 0.2) is 35.7 Å². The lowest BCUT2D eigenvalue weighted by Crippen LogP contribution is -2.47. The topological polar surface area (TPSA) is 59.8 Å². The van der Waals surface area contributed by atoms with Crippen molar-refractivity contribution in [2.45, 2.75) is 37.4 Å². The first kappa shape index (κ1) is 18.4. The summed E-state index contributed by atoms with van der Waals surface area (Å²) in [7, 11) is 0. The Labute approximate surface area is 151 Å². The molecule has 5 nitrogen and oxygen atoms in total. The summed E-state index contributed by atoms with van der Waals surface area (Å²) in [5, 5.41) is 12.2. The molecule has 2 aromatic rings. The zero-order valence-electron chi connectivity index (χ0n) is 13.6. The average molecular weight is 363 g/mol. The number of amides is 1. The Bertz CT molecular complexity index is 749. The largest absolute Gasteiger partial charge is 0.339 e. The molecule has 0 fully saturated rings. The first-order chi connectivity index (χ1) is 11.5. The number of nitrogens with zero attached hydrogens (tertiary/aromatic N) is 3. The highest BCUT2D eigenvalue weighted by molar-refractivity contribution is 7.99. The first-order valence-electron chi connectivity index (χ1n) is 7.61. The Kier molecular flexibility index (Phi) is 6.29. The third-order valence-corrected chi connectivity index (χ3v) is 4.98. The van der Waals surface area contributed by atoms with Gasteiger partial charge in [0.2, 0.25) is 5.91 Å². The summed E-state index contributed by atoms with van der Waals surface area (Å²) in [6, 6.07) is 7.36. The van der Waals surface area contributed by atoms with Gasteiger partial charge in [0.05, 0.1) is 11.4 Å². The molecule has 2 rings (SSSR count). The molecule has 0 bridgehead atoms. The van der Waals surface area contributed by atoms with E-state index in [1.54, 1.807) is 17.0 Å². The molecule has 1 heterocycles. The second kappa shape index (κ2) is 8.22. The van der Waals surface area contributed by atoms with Crippen molar-refractivity contribution in [2.24, 2.45) is 0 Å². The van der Waals surface area contributed by atoms with E-state index in [4.69, 9.17) is 18.0 Å². The van der Waals surface area contributed by atoms with Crippen molar-refractivity contribution in [3.05, 3.63) is 35.6 Å². The van der Waals surface area contributed by atoms with E-state index in [9.17, 15) is 4.79 Å². The van der Waals surface area contributed by atoms with Crippen LogP contribution in [0.2, 0.25) is 5.02 Å². The number of hydrogen-bond donors (Lipinski definition) is 1. The number of rotatable bonds is 7. The van der Waals surface area contributed by atoms with Crippen LogP contribution >= 0.6 is 23.4 Å². The normalized spacial score (nSPS) is 11.1. The maximum atomic E-state index is 12.2. The number of thioether (sulfide) groups is 1. The monoisotopic (exact) mass is 362 g/mol. The standard InChI is InChI=1S/C17H19ClN4OS/c1-4-17(5-2,6-3)20-15(23)11-24-16-21-19-12-22(16)14-9-7-8-13(18)10-14/h1,7-10,12H,5-6,11H2,2-3H3,(H,20,23). The number of hydrogen-bond acceptors (Lipinski definition) is 4. The van der Waals surface area contributed by atoms with Crippen molar-refractivity contribution in [3.8, 4) is 18.0 Å². The van der Waals surface area contributed by atoms with Crippen LogP contribution in [0, 0.1) is 12.3 Å². The molecule has 24 heavy (non-hydrogen) atoms. The molecule has 1 aromatic carbocycles. The molecule has 1 aromatic heterocycles. The number of benzene rings is 1. The van der Waals surface area contributed by atoms with Gasteiger partial charge in [0, 0.05) is 5.02 Å². The summed E-state index contributed by atoms with van der Waals surface area (Å²) in [4.78, 5) is 12.2. The second-order valence-corrected chi connectivity index (χ2v) is 6.61. The molecule has 0 aliphatic rings. The molecule has 7 heteroatoms. The Hall–Kier alpha value is -1.97. The summed E-state index contributed by atoms with van der Waals surface area (Å²) >= 11 is 7.32. The number of aromatic nitrogens is 3. The van der Waals surface area contributed by atoms with Gasteiger partial charge in [0.25, 0.3) is 0 Å². The van der Waals surface area contributed by atoms with E-state index in [-0.39, 0.29) is 11.7 Å². The number of carbonyl (C=O) groups excluding carboxylic acids is 1. The van der Waals surface area contributed by atoms with Crippen molar-refractivity contribution < 1.29 is 4.79 Å². The van der Waals surface area contributed by atoms with Crippen LogP contribution in [-0.2, 0) is 4.79 Å². The fourth-order valence-corrected chi connectivity index (χ4v) is 3.14. The van der Waals surface area contributed by atoms with Crippen LogP contribution in [0.4, 0.5) is 0 Å². The summed E-state index contributed by atoms with van der Waals surface area (Å²) in [6.07, 6.45) is 8.54. The summed E-state index contributed by atoms with van der Waals surface area (Å²) in [5.41, 5.74) is 0.258. The van der Waals surface area contributed by atoms with Crippen molar-refractivity contribution in [1.82, 2.24) is 20.1 Å². The minimum absolute atomic E-state index is 0.123. The van der Waals surface area contributed by atoms with Gasteiger partial charge in [0.1, 0.15) is 11.9 Å². The van der Waals surface area contributed by atoms with Crippen LogP contribution in [0.1, 0.15) is 26.7 Å². The first-order valence-corrected chi connectivity index (χ1v) is 8.97. The zero-order chi connectivity index (χ0) is 17.6. The molecule has 0 radical (unpaired) electrons. The lowest BCUT2D eigenvalue weighted by molar-refractivity contribution is -0.119. The van der Waals surface area contributed by atoms with E-state index in [2.05, 4.69) is 21.4 Å². The molecule has 0 spiro atoms. The fraction of sp³-hybridized carbons (Fsp3) is 0.353. The highest BCUT2D eigenvalue weighted by Crippen LogP contribution is 2.22. The predicted octanol–water partition coefficient (Wildman–Crippen LogP) is 3.32. The molecule has 126 valence electrons. The Morgan fingerprint density at radius 1 is 1.46 bits per heavy atom.